The molecule has 112 valence electrons. The van der Waals surface area contributed by atoms with Crippen LogP contribution >= 0.6 is 11.3 Å². The van der Waals surface area contributed by atoms with Crippen LogP contribution in [0.15, 0.2) is 6.07 Å². The lowest BCUT2D eigenvalue weighted by molar-refractivity contribution is -0.141. The van der Waals surface area contributed by atoms with Gasteiger partial charge in [-0.15, -0.1) is 11.3 Å². The highest BCUT2D eigenvalue weighted by Gasteiger charge is 2.46. The van der Waals surface area contributed by atoms with E-state index in [-0.39, 0.29) is 18.4 Å². The Labute approximate surface area is 121 Å². The second kappa shape index (κ2) is 5.43. The number of carbonyl (C=O) groups is 1. The predicted octanol–water partition coefficient (Wildman–Crippen LogP) is 4.88. The van der Waals surface area contributed by atoms with E-state index in [2.05, 4.69) is 0 Å². The van der Waals surface area contributed by atoms with Gasteiger partial charge in [-0.25, -0.2) is 8.78 Å². The first-order valence-corrected chi connectivity index (χ1v) is 7.73. The Morgan fingerprint density at radius 3 is 2.45 bits per heavy atom. The molecule has 20 heavy (non-hydrogen) atoms. The van der Waals surface area contributed by atoms with E-state index >= 15 is 0 Å². The average Bonchev–Trinajstić information content (AvgIpc) is 2.84. The number of aliphatic carboxylic acids is 1. The average molecular weight is 302 g/mol. The molecular formula is C15H20F2O2S. The van der Waals surface area contributed by atoms with E-state index in [0.717, 1.165) is 17.7 Å². The van der Waals surface area contributed by atoms with Crippen molar-refractivity contribution in [3.63, 3.8) is 0 Å². The molecule has 0 bridgehead atoms. The van der Waals surface area contributed by atoms with E-state index < -0.39 is 17.3 Å². The second-order valence-electron chi connectivity index (χ2n) is 5.99. The molecule has 0 aromatic carbocycles. The van der Waals surface area contributed by atoms with Crippen LogP contribution in [0.1, 0.15) is 53.8 Å². The van der Waals surface area contributed by atoms with E-state index in [1.54, 1.807) is 13.0 Å². The Morgan fingerprint density at radius 2 is 2.00 bits per heavy atom. The van der Waals surface area contributed by atoms with Crippen molar-refractivity contribution in [2.24, 2.45) is 5.41 Å². The van der Waals surface area contributed by atoms with Gasteiger partial charge in [-0.2, -0.15) is 0 Å². The van der Waals surface area contributed by atoms with Gasteiger partial charge >= 0.3 is 5.97 Å². The number of carboxylic acids is 1. The Morgan fingerprint density at radius 1 is 1.40 bits per heavy atom. The summed E-state index contributed by atoms with van der Waals surface area (Å²) in [6.07, 6.45) is 2.40. The minimum absolute atomic E-state index is 0.0802. The van der Waals surface area contributed by atoms with Gasteiger partial charge in [-0.1, -0.05) is 12.8 Å². The third-order valence-corrected chi connectivity index (χ3v) is 5.19. The van der Waals surface area contributed by atoms with Crippen molar-refractivity contribution >= 4 is 17.3 Å². The van der Waals surface area contributed by atoms with Crippen molar-refractivity contribution in [1.82, 2.24) is 0 Å². The maximum atomic E-state index is 14.6. The summed E-state index contributed by atoms with van der Waals surface area (Å²) in [5, 5.41) is 9.02. The largest absolute Gasteiger partial charge is 0.481 e. The fourth-order valence-corrected chi connectivity index (χ4v) is 4.40. The summed E-state index contributed by atoms with van der Waals surface area (Å²) in [5.41, 5.74) is -0.658. The molecule has 1 heterocycles. The number of aryl methyl sites for hydroxylation is 2. The van der Waals surface area contributed by atoms with Gasteiger partial charge in [-0.3, -0.25) is 4.79 Å². The molecule has 1 aliphatic carbocycles. The van der Waals surface area contributed by atoms with Crippen molar-refractivity contribution in [3.8, 4) is 0 Å². The first kappa shape index (κ1) is 15.4. The Hall–Kier alpha value is -0.970. The zero-order valence-corrected chi connectivity index (χ0v) is 12.7. The lowest BCUT2D eigenvalue weighted by Gasteiger charge is -2.31. The van der Waals surface area contributed by atoms with Gasteiger partial charge < -0.3 is 5.11 Å². The highest BCUT2D eigenvalue weighted by molar-refractivity contribution is 7.12. The number of halogens is 2. The van der Waals surface area contributed by atoms with E-state index in [9.17, 15) is 13.6 Å². The van der Waals surface area contributed by atoms with Crippen LogP contribution in [0.2, 0.25) is 0 Å². The van der Waals surface area contributed by atoms with Gasteiger partial charge in [0.05, 0.1) is 6.42 Å². The summed E-state index contributed by atoms with van der Waals surface area (Å²) in [7, 11) is 0. The zero-order chi connectivity index (χ0) is 15.0. The summed E-state index contributed by atoms with van der Waals surface area (Å²) >= 11 is 1.37. The molecule has 0 spiro atoms. The molecule has 1 aliphatic rings. The number of hydrogen-bond acceptors (Lipinski definition) is 2. The smallest absolute Gasteiger partial charge is 0.303 e. The Kier molecular flexibility index (Phi) is 4.19. The van der Waals surface area contributed by atoms with Crippen molar-refractivity contribution in [3.05, 3.63) is 21.4 Å². The molecule has 0 amide bonds. The van der Waals surface area contributed by atoms with Crippen LogP contribution < -0.4 is 0 Å². The number of alkyl halides is 2. The van der Waals surface area contributed by atoms with Crippen molar-refractivity contribution in [1.29, 1.82) is 0 Å². The summed E-state index contributed by atoms with van der Waals surface area (Å²) in [4.78, 5) is 12.5. The minimum Gasteiger partial charge on any atom is -0.481 e. The van der Waals surface area contributed by atoms with Gasteiger partial charge in [0, 0.05) is 21.7 Å². The summed E-state index contributed by atoms with van der Waals surface area (Å²) in [5.74, 6) is -3.91. The molecule has 0 saturated heterocycles. The molecular weight excluding hydrogens is 282 g/mol. The van der Waals surface area contributed by atoms with E-state index in [0.29, 0.717) is 17.7 Å². The molecule has 5 heteroatoms. The summed E-state index contributed by atoms with van der Waals surface area (Å²) in [6.45, 7) is 3.53. The monoisotopic (exact) mass is 302 g/mol. The molecule has 0 atom stereocenters. The lowest BCUT2D eigenvalue weighted by Crippen LogP contribution is -2.29. The topological polar surface area (TPSA) is 37.3 Å². The van der Waals surface area contributed by atoms with Crippen molar-refractivity contribution in [2.45, 2.75) is 58.3 Å². The van der Waals surface area contributed by atoms with Crippen LogP contribution in [0.3, 0.4) is 0 Å². The van der Waals surface area contributed by atoms with Gasteiger partial charge in [0.15, 0.2) is 0 Å². The van der Waals surface area contributed by atoms with Crippen LogP contribution in [0.25, 0.3) is 0 Å². The van der Waals surface area contributed by atoms with Gasteiger partial charge in [0.2, 0.25) is 0 Å². The van der Waals surface area contributed by atoms with Crippen LogP contribution in [-0.2, 0) is 10.7 Å². The highest BCUT2D eigenvalue weighted by atomic mass is 32.1. The quantitative estimate of drug-likeness (QED) is 0.841. The SMILES string of the molecule is Cc1cc(C(F)(F)CC2(CC(=O)O)CCCC2)c(C)s1. The van der Waals surface area contributed by atoms with Crippen molar-refractivity contribution < 1.29 is 18.7 Å². The van der Waals surface area contributed by atoms with E-state index in [1.807, 2.05) is 6.92 Å². The zero-order valence-electron chi connectivity index (χ0n) is 11.8. The molecule has 1 aromatic heterocycles. The molecule has 0 unspecified atom stereocenters. The van der Waals surface area contributed by atoms with Crippen LogP contribution in [0, 0.1) is 19.3 Å². The number of thiophene rings is 1. The molecule has 0 radical (unpaired) electrons. The molecule has 2 rings (SSSR count). The lowest BCUT2D eigenvalue weighted by atomic mass is 9.76. The van der Waals surface area contributed by atoms with Crippen LogP contribution in [0.5, 0.6) is 0 Å². The Balaban J connectivity index is 2.25. The normalized spacial score (nSPS) is 18.4. The predicted molar refractivity (Wildman–Crippen MR) is 75.5 cm³/mol. The number of carboxylic acid groups (broad SMARTS) is 1. The van der Waals surface area contributed by atoms with Crippen molar-refractivity contribution in [2.75, 3.05) is 0 Å². The van der Waals surface area contributed by atoms with Gasteiger partial charge in [0.25, 0.3) is 5.92 Å². The molecule has 1 saturated carbocycles. The number of hydrogen-bond donors (Lipinski definition) is 1. The molecule has 0 aliphatic heterocycles. The number of rotatable bonds is 5. The van der Waals surface area contributed by atoms with Crippen LogP contribution in [-0.4, -0.2) is 11.1 Å². The minimum atomic E-state index is -2.94. The second-order valence-corrected chi connectivity index (χ2v) is 7.45. The first-order chi connectivity index (χ1) is 9.24. The van der Waals surface area contributed by atoms with Crippen LogP contribution in [0.4, 0.5) is 8.78 Å². The fourth-order valence-electron chi connectivity index (χ4n) is 3.42. The maximum absolute atomic E-state index is 14.6. The molecule has 1 aromatic rings. The third kappa shape index (κ3) is 3.19. The highest BCUT2D eigenvalue weighted by Crippen LogP contribution is 2.52. The Bertz CT molecular complexity index is 502. The first-order valence-electron chi connectivity index (χ1n) is 6.91. The molecule has 1 fully saturated rings. The summed E-state index contributed by atoms with van der Waals surface area (Å²) in [6, 6.07) is 1.55. The van der Waals surface area contributed by atoms with Gasteiger partial charge in [-0.05, 0) is 38.2 Å². The third-order valence-electron chi connectivity index (χ3n) is 4.22. The van der Waals surface area contributed by atoms with Gasteiger partial charge in [0.1, 0.15) is 0 Å². The summed E-state index contributed by atoms with van der Waals surface area (Å²) < 4.78 is 29.2. The standard InChI is InChI=1S/C15H20F2O2S/c1-10-7-12(11(2)20-10)15(16,17)9-14(8-13(18)19)5-3-4-6-14/h7H,3-6,8-9H2,1-2H3,(H,18,19). The molecule has 1 N–H and O–H groups in total. The van der Waals surface area contributed by atoms with E-state index in [1.165, 1.54) is 11.3 Å². The van der Waals surface area contributed by atoms with E-state index in [4.69, 9.17) is 5.11 Å². The maximum Gasteiger partial charge on any atom is 0.303 e. The fraction of sp³-hybridized carbons (Fsp3) is 0.667. The molecule has 2 nitrogen and oxygen atoms in total.